The Kier molecular flexibility index (Phi) is 7.78. The fourth-order valence-electron chi connectivity index (χ4n) is 3.84. The summed E-state index contributed by atoms with van der Waals surface area (Å²) >= 11 is 1.40. The van der Waals surface area contributed by atoms with Crippen LogP contribution in [0, 0.1) is 5.82 Å². The molecule has 2 saturated heterocycles. The number of ether oxygens (including phenoxy) is 1. The minimum absolute atomic E-state index is 0.201. The van der Waals surface area contributed by atoms with E-state index in [0.29, 0.717) is 24.3 Å². The van der Waals surface area contributed by atoms with Crippen LogP contribution >= 0.6 is 11.8 Å². The van der Waals surface area contributed by atoms with Gasteiger partial charge in [0.05, 0.1) is 18.5 Å². The van der Waals surface area contributed by atoms with Crippen LogP contribution < -0.4 is 10.6 Å². The Morgan fingerprint density at radius 3 is 2.56 bits per heavy atom. The molecule has 2 aromatic carbocycles. The Balaban J connectivity index is 1.22. The standard InChI is InChI=1S/C24H28FN3O3S/c25-20-4-2-1-3-19(20)13-22-24(30)27-21(16-32-22)23(29)26-14-17-5-7-18(8-6-17)15-28-9-11-31-12-10-28/h1-8,21-22H,9-16H2,(H,26,29)(H,27,30)/t21-,22-/m1/s1. The summed E-state index contributed by atoms with van der Waals surface area (Å²) in [5, 5.41) is 5.30. The summed E-state index contributed by atoms with van der Waals surface area (Å²) in [4.78, 5) is 27.4. The number of hydrogen-bond donors (Lipinski definition) is 2. The molecule has 0 spiro atoms. The number of hydrogen-bond acceptors (Lipinski definition) is 5. The van der Waals surface area contributed by atoms with E-state index in [1.54, 1.807) is 18.2 Å². The number of carbonyl (C=O) groups excluding carboxylic acids is 2. The molecule has 0 saturated carbocycles. The highest BCUT2D eigenvalue weighted by Crippen LogP contribution is 2.23. The van der Waals surface area contributed by atoms with Gasteiger partial charge in [-0.1, -0.05) is 42.5 Å². The lowest BCUT2D eigenvalue weighted by Gasteiger charge is -2.28. The number of halogens is 1. The van der Waals surface area contributed by atoms with Gasteiger partial charge >= 0.3 is 0 Å². The molecule has 4 rings (SSSR count). The fraction of sp³-hybridized carbons (Fsp3) is 0.417. The number of amides is 2. The lowest BCUT2D eigenvalue weighted by atomic mass is 10.1. The first kappa shape index (κ1) is 22.8. The average Bonchev–Trinajstić information content (AvgIpc) is 2.82. The molecule has 6 nitrogen and oxygen atoms in total. The van der Waals surface area contributed by atoms with Gasteiger partial charge < -0.3 is 15.4 Å². The maximum Gasteiger partial charge on any atom is 0.243 e. The SMILES string of the molecule is O=C(NCc1ccc(CN2CCOCC2)cc1)[C@H]1CS[C@H](Cc2ccccc2F)C(=O)N1. The van der Waals surface area contributed by atoms with Crippen molar-refractivity contribution < 1.29 is 18.7 Å². The number of benzene rings is 2. The van der Waals surface area contributed by atoms with Gasteiger partial charge in [-0.15, -0.1) is 11.8 Å². The summed E-state index contributed by atoms with van der Waals surface area (Å²) in [5.74, 6) is -0.267. The van der Waals surface area contributed by atoms with Crippen LogP contribution in [0.25, 0.3) is 0 Å². The normalized spacial score (nSPS) is 21.7. The number of morpholine rings is 1. The molecule has 0 radical (unpaired) electrons. The van der Waals surface area contributed by atoms with Gasteiger partial charge in [0, 0.05) is 31.9 Å². The highest BCUT2D eigenvalue weighted by molar-refractivity contribution is 8.00. The second-order valence-corrected chi connectivity index (χ2v) is 9.34. The van der Waals surface area contributed by atoms with E-state index >= 15 is 0 Å². The zero-order chi connectivity index (χ0) is 22.3. The third-order valence-electron chi connectivity index (χ3n) is 5.75. The van der Waals surface area contributed by atoms with Crippen LogP contribution in [0.1, 0.15) is 16.7 Å². The van der Waals surface area contributed by atoms with Gasteiger partial charge in [-0.05, 0) is 29.2 Å². The molecule has 2 aliphatic heterocycles. The Hall–Kier alpha value is -2.42. The maximum atomic E-state index is 13.9. The minimum atomic E-state index is -0.579. The Morgan fingerprint density at radius 1 is 1.12 bits per heavy atom. The molecule has 2 fully saturated rings. The molecule has 32 heavy (non-hydrogen) atoms. The van der Waals surface area contributed by atoms with Gasteiger partial charge in [0.2, 0.25) is 11.8 Å². The second kappa shape index (κ2) is 10.9. The number of rotatable bonds is 7. The Bertz CT molecular complexity index is 934. The van der Waals surface area contributed by atoms with Crippen molar-refractivity contribution in [3.63, 3.8) is 0 Å². The zero-order valence-electron chi connectivity index (χ0n) is 17.9. The number of carbonyl (C=O) groups is 2. The van der Waals surface area contributed by atoms with Crippen LogP contribution in [-0.4, -0.2) is 60.1 Å². The molecule has 2 aliphatic rings. The van der Waals surface area contributed by atoms with Gasteiger partial charge in [-0.25, -0.2) is 4.39 Å². The van der Waals surface area contributed by atoms with E-state index in [4.69, 9.17) is 4.74 Å². The third-order valence-corrected chi connectivity index (χ3v) is 7.06. The number of nitrogens with zero attached hydrogens (tertiary/aromatic N) is 1. The molecule has 170 valence electrons. The molecule has 2 N–H and O–H groups in total. The van der Waals surface area contributed by atoms with E-state index in [2.05, 4.69) is 27.7 Å². The fourth-order valence-corrected chi connectivity index (χ4v) is 5.02. The van der Waals surface area contributed by atoms with Crippen molar-refractivity contribution in [2.45, 2.75) is 30.8 Å². The van der Waals surface area contributed by atoms with Gasteiger partial charge in [-0.2, -0.15) is 0 Å². The highest BCUT2D eigenvalue weighted by Gasteiger charge is 2.32. The molecule has 0 bridgehead atoms. The summed E-state index contributed by atoms with van der Waals surface area (Å²) in [6.45, 7) is 4.77. The van der Waals surface area contributed by atoms with Crippen LogP contribution in [-0.2, 0) is 33.8 Å². The highest BCUT2D eigenvalue weighted by atomic mass is 32.2. The molecule has 0 unspecified atom stereocenters. The van der Waals surface area contributed by atoms with Crippen LogP contribution in [0.2, 0.25) is 0 Å². The molecular weight excluding hydrogens is 429 g/mol. The van der Waals surface area contributed by atoms with Crippen molar-refractivity contribution in [1.82, 2.24) is 15.5 Å². The summed E-state index contributed by atoms with van der Waals surface area (Å²) in [6, 6.07) is 14.1. The first-order chi connectivity index (χ1) is 15.6. The molecule has 2 amide bonds. The van der Waals surface area contributed by atoms with Crippen molar-refractivity contribution in [3.05, 3.63) is 71.0 Å². The van der Waals surface area contributed by atoms with Crippen molar-refractivity contribution in [2.75, 3.05) is 32.1 Å². The Labute approximate surface area is 191 Å². The summed E-state index contributed by atoms with van der Waals surface area (Å²) in [7, 11) is 0. The molecule has 2 aromatic rings. The van der Waals surface area contributed by atoms with E-state index in [1.807, 2.05) is 12.1 Å². The molecule has 0 aliphatic carbocycles. The summed E-state index contributed by atoms with van der Waals surface area (Å²) in [5.41, 5.74) is 2.76. The van der Waals surface area contributed by atoms with Gasteiger partial charge in [0.25, 0.3) is 0 Å². The molecule has 2 atom stereocenters. The van der Waals surface area contributed by atoms with Crippen LogP contribution in [0.5, 0.6) is 0 Å². The predicted molar refractivity (Wildman–Crippen MR) is 123 cm³/mol. The summed E-state index contributed by atoms with van der Waals surface area (Å²) in [6.07, 6.45) is 0.314. The van der Waals surface area contributed by atoms with Crippen molar-refractivity contribution in [2.24, 2.45) is 0 Å². The van der Waals surface area contributed by atoms with Crippen molar-refractivity contribution in [1.29, 1.82) is 0 Å². The molecule has 2 heterocycles. The third kappa shape index (κ3) is 6.09. The monoisotopic (exact) mass is 457 g/mol. The quantitative estimate of drug-likeness (QED) is 0.667. The van der Waals surface area contributed by atoms with Gasteiger partial charge in [0.15, 0.2) is 0 Å². The number of nitrogens with one attached hydrogen (secondary N) is 2. The van der Waals surface area contributed by atoms with Crippen LogP contribution in [0.15, 0.2) is 48.5 Å². The van der Waals surface area contributed by atoms with Crippen molar-refractivity contribution in [3.8, 4) is 0 Å². The van der Waals surface area contributed by atoms with Gasteiger partial charge in [-0.3, -0.25) is 14.5 Å². The molecule has 0 aromatic heterocycles. The van der Waals surface area contributed by atoms with Crippen LogP contribution in [0.3, 0.4) is 0 Å². The molecule has 8 heteroatoms. The maximum absolute atomic E-state index is 13.9. The molecular formula is C24H28FN3O3S. The van der Waals surface area contributed by atoms with E-state index in [0.717, 1.165) is 38.4 Å². The average molecular weight is 458 g/mol. The van der Waals surface area contributed by atoms with Crippen molar-refractivity contribution >= 4 is 23.6 Å². The van der Waals surface area contributed by atoms with E-state index in [9.17, 15) is 14.0 Å². The lowest BCUT2D eigenvalue weighted by Crippen LogP contribution is -2.54. The lowest BCUT2D eigenvalue weighted by molar-refractivity contribution is -0.128. The largest absolute Gasteiger partial charge is 0.379 e. The predicted octanol–water partition coefficient (Wildman–Crippen LogP) is 2.12. The first-order valence-corrected chi connectivity index (χ1v) is 11.9. The second-order valence-electron chi connectivity index (χ2n) is 8.10. The smallest absolute Gasteiger partial charge is 0.243 e. The summed E-state index contributed by atoms with van der Waals surface area (Å²) < 4.78 is 19.2. The topological polar surface area (TPSA) is 70.7 Å². The van der Waals surface area contributed by atoms with E-state index in [1.165, 1.54) is 23.4 Å². The zero-order valence-corrected chi connectivity index (χ0v) is 18.7. The van der Waals surface area contributed by atoms with E-state index < -0.39 is 11.3 Å². The first-order valence-electron chi connectivity index (χ1n) is 10.9. The van der Waals surface area contributed by atoms with Gasteiger partial charge in [0.1, 0.15) is 11.9 Å². The van der Waals surface area contributed by atoms with Crippen LogP contribution in [0.4, 0.5) is 4.39 Å². The van der Waals surface area contributed by atoms with E-state index in [-0.39, 0.29) is 17.6 Å². The Morgan fingerprint density at radius 2 is 1.84 bits per heavy atom. The minimum Gasteiger partial charge on any atom is -0.379 e. The number of thioether (sulfide) groups is 1.